The molecule has 0 atom stereocenters. The van der Waals surface area contributed by atoms with Gasteiger partial charge in [-0.1, -0.05) is 11.6 Å². The predicted octanol–water partition coefficient (Wildman–Crippen LogP) is -1.86. The number of benzene rings is 1. The first-order chi connectivity index (χ1) is 5.82. The van der Waals surface area contributed by atoms with E-state index in [4.69, 9.17) is 17.3 Å². The topological polar surface area (TPSA) is 83.2 Å². The second-order valence-electron chi connectivity index (χ2n) is 2.57. The molecule has 0 fully saturated rings. The first-order valence-corrected chi connectivity index (χ1v) is 5.12. The molecule has 0 saturated carbocycles. The van der Waals surface area contributed by atoms with Crippen molar-refractivity contribution in [1.29, 1.82) is 0 Å². The van der Waals surface area contributed by atoms with E-state index in [0.29, 0.717) is 5.56 Å². The van der Waals surface area contributed by atoms with Gasteiger partial charge in [0.2, 0.25) is 0 Å². The van der Waals surface area contributed by atoms with E-state index in [1.54, 1.807) is 6.92 Å². The molecule has 0 saturated heterocycles. The van der Waals surface area contributed by atoms with Crippen LogP contribution in [0.2, 0.25) is 5.02 Å². The number of hydrogen-bond acceptors (Lipinski definition) is 4. The molecule has 0 aromatic heterocycles. The van der Waals surface area contributed by atoms with Crippen LogP contribution in [0.1, 0.15) is 5.56 Å². The fourth-order valence-electron chi connectivity index (χ4n) is 0.819. The summed E-state index contributed by atoms with van der Waals surface area (Å²) in [6.45, 7) is 1.64. The fourth-order valence-corrected chi connectivity index (χ4v) is 1.64. The first kappa shape index (κ1) is 14.9. The zero-order chi connectivity index (χ0) is 10.2. The van der Waals surface area contributed by atoms with Gasteiger partial charge < -0.3 is 10.3 Å². The average Bonchev–Trinajstić information content (AvgIpc) is 1.97. The maximum absolute atomic E-state index is 10.6. The zero-order valence-corrected chi connectivity index (χ0v) is 12.4. The Bertz CT molecular complexity index is 423. The van der Waals surface area contributed by atoms with E-state index in [9.17, 15) is 13.0 Å². The Morgan fingerprint density at radius 2 is 1.93 bits per heavy atom. The second-order valence-corrected chi connectivity index (χ2v) is 4.36. The third-order valence-electron chi connectivity index (χ3n) is 1.65. The average molecular weight is 260 g/mol. The molecule has 0 heterocycles. The van der Waals surface area contributed by atoms with E-state index in [0.717, 1.165) is 12.1 Å². The number of halogens is 1. The van der Waals surface area contributed by atoms with Gasteiger partial charge in [-0.05, 0) is 24.6 Å². The summed E-state index contributed by atoms with van der Waals surface area (Å²) < 4.78 is 31.7. The van der Waals surface area contributed by atoms with Gasteiger partial charge in [-0.3, -0.25) is 0 Å². The van der Waals surface area contributed by atoms with Gasteiger partial charge in [-0.25, -0.2) is 8.42 Å². The molecule has 14 heavy (non-hydrogen) atoms. The van der Waals surface area contributed by atoms with Gasteiger partial charge in [0.25, 0.3) is 0 Å². The smallest absolute Gasteiger partial charge is 0.744 e. The molecule has 0 aliphatic carbocycles. The number of hydrogen-bond donors (Lipinski definition) is 1. The standard InChI is InChI=1S/C7H8ClNO3S.K/c1-4-6(8)2-5(3-7(4)9)13(10,11)12;/h2-3H,9H2,1H3,(H,10,11,12);/q;+1/p-1. The van der Waals surface area contributed by atoms with E-state index in [1.807, 2.05) is 0 Å². The number of nitrogens with two attached hydrogens (primary N) is 1. The molecule has 0 amide bonds. The summed E-state index contributed by atoms with van der Waals surface area (Å²) in [6.07, 6.45) is 0. The SMILES string of the molecule is Cc1c(N)cc(S(=O)(=O)[O-])cc1Cl.[K+]. The molecule has 72 valence electrons. The van der Waals surface area contributed by atoms with Crippen LogP contribution in [-0.2, 0) is 10.1 Å². The van der Waals surface area contributed by atoms with Gasteiger partial charge in [-0.2, -0.15) is 0 Å². The van der Waals surface area contributed by atoms with Gasteiger partial charge in [0.1, 0.15) is 10.1 Å². The van der Waals surface area contributed by atoms with Crippen molar-refractivity contribution in [3.63, 3.8) is 0 Å². The van der Waals surface area contributed by atoms with Gasteiger partial charge >= 0.3 is 51.4 Å². The van der Waals surface area contributed by atoms with Crippen LogP contribution in [0.5, 0.6) is 0 Å². The Hall–Kier alpha value is 0.856. The van der Waals surface area contributed by atoms with Crippen molar-refractivity contribution in [1.82, 2.24) is 0 Å². The normalized spacial score (nSPS) is 10.8. The van der Waals surface area contributed by atoms with E-state index >= 15 is 0 Å². The van der Waals surface area contributed by atoms with Crippen molar-refractivity contribution in [2.45, 2.75) is 11.8 Å². The van der Waals surface area contributed by atoms with Crippen molar-refractivity contribution >= 4 is 27.4 Å². The van der Waals surface area contributed by atoms with Crippen LogP contribution in [0.25, 0.3) is 0 Å². The minimum Gasteiger partial charge on any atom is -0.744 e. The van der Waals surface area contributed by atoms with Crippen LogP contribution in [0, 0.1) is 6.92 Å². The van der Waals surface area contributed by atoms with Crippen LogP contribution in [0.3, 0.4) is 0 Å². The maximum Gasteiger partial charge on any atom is 1.00 e. The molecule has 0 aliphatic rings. The van der Waals surface area contributed by atoms with Gasteiger partial charge in [0.05, 0.1) is 4.90 Å². The Balaban J connectivity index is 0.00000169. The largest absolute Gasteiger partial charge is 1.00 e. The summed E-state index contributed by atoms with van der Waals surface area (Å²) in [4.78, 5) is -0.402. The molecule has 4 nitrogen and oxygen atoms in total. The van der Waals surface area contributed by atoms with Crippen molar-refractivity contribution in [2.24, 2.45) is 0 Å². The van der Waals surface area contributed by atoms with Crippen LogP contribution in [0.15, 0.2) is 17.0 Å². The number of nitrogen functional groups attached to an aromatic ring is 1. The molecule has 0 radical (unpaired) electrons. The van der Waals surface area contributed by atoms with Gasteiger partial charge in [0.15, 0.2) is 0 Å². The van der Waals surface area contributed by atoms with E-state index < -0.39 is 15.0 Å². The van der Waals surface area contributed by atoms with Crippen LogP contribution < -0.4 is 57.1 Å². The molecule has 0 unspecified atom stereocenters. The third-order valence-corrected chi connectivity index (χ3v) is 2.85. The molecule has 0 aliphatic heterocycles. The van der Waals surface area contributed by atoms with Crippen molar-refractivity contribution in [2.75, 3.05) is 5.73 Å². The summed E-state index contributed by atoms with van der Waals surface area (Å²) in [6, 6.07) is 2.19. The number of rotatable bonds is 1. The van der Waals surface area contributed by atoms with Crippen LogP contribution >= 0.6 is 11.6 Å². The molecular formula is C7H7ClKNO3S. The van der Waals surface area contributed by atoms with Gasteiger partial charge in [-0.15, -0.1) is 0 Å². The van der Waals surface area contributed by atoms with E-state index in [2.05, 4.69) is 0 Å². The summed E-state index contributed by atoms with van der Waals surface area (Å²) in [5, 5.41) is 0.175. The Kier molecular flexibility index (Phi) is 5.59. The molecule has 1 aromatic rings. The van der Waals surface area contributed by atoms with E-state index in [-0.39, 0.29) is 62.1 Å². The molecular weight excluding hydrogens is 253 g/mol. The van der Waals surface area contributed by atoms with Crippen LogP contribution in [0.4, 0.5) is 5.69 Å². The van der Waals surface area contributed by atoms with Crippen LogP contribution in [-0.4, -0.2) is 13.0 Å². The predicted molar refractivity (Wildman–Crippen MR) is 48.6 cm³/mol. The molecule has 2 N–H and O–H groups in total. The molecule has 1 rings (SSSR count). The van der Waals surface area contributed by atoms with Crippen molar-refractivity contribution in [3.05, 3.63) is 22.7 Å². The summed E-state index contributed by atoms with van der Waals surface area (Å²) >= 11 is 5.64. The van der Waals surface area contributed by atoms with E-state index in [1.165, 1.54) is 0 Å². The minimum atomic E-state index is -4.48. The zero-order valence-electron chi connectivity index (χ0n) is 7.74. The fraction of sp³-hybridized carbons (Fsp3) is 0.143. The first-order valence-electron chi connectivity index (χ1n) is 3.34. The van der Waals surface area contributed by atoms with Crippen molar-refractivity contribution in [3.8, 4) is 0 Å². The minimum absolute atomic E-state index is 0. The monoisotopic (exact) mass is 259 g/mol. The molecule has 7 heteroatoms. The summed E-state index contributed by atoms with van der Waals surface area (Å²) in [5.74, 6) is 0. The maximum atomic E-state index is 10.6. The second kappa shape index (κ2) is 5.27. The molecule has 0 spiro atoms. The Morgan fingerprint density at radius 1 is 1.43 bits per heavy atom. The third kappa shape index (κ3) is 3.46. The molecule has 1 aromatic carbocycles. The summed E-state index contributed by atoms with van der Waals surface area (Å²) in [5.41, 5.74) is 6.19. The van der Waals surface area contributed by atoms with Gasteiger partial charge in [0, 0.05) is 10.7 Å². The summed E-state index contributed by atoms with van der Waals surface area (Å²) in [7, 11) is -4.48. The Labute approximate surface area is 130 Å². The van der Waals surface area contributed by atoms with Crippen molar-refractivity contribution < 1.29 is 64.4 Å². The quantitative estimate of drug-likeness (QED) is 0.364. The molecule has 0 bridgehead atoms. The number of anilines is 1. The Morgan fingerprint density at radius 3 is 2.29 bits per heavy atom.